The lowest BCUT2D eigenvalue weighted by atomic mass is 10.1. The Bertz CT molecular complexity index is 89.3. The molecule has 0 aromatic rings. The molecule has 2 N–H and O–H groups in total. The smallest absolute Gasteiger partial charge is 0.107 e. The molecule has 60 valence electrons. The van der Waals surface area contributed by atoms with Crippen LogP contribution in [0, 0.1) is 5.92 Å². The van der Waals surface area contributed by atoms with Crippen molar-refractivity contribution in [3.8, 4) is 0 Å². The van der Waals surface area contributed by atoms with Crippen LogP contribution in [0.25, 0.3) is 0 Å². The fourth-order valence-electron chi connectivity index (χ4n) is 1.65. The number of hydrogen-bond acceptors (Lipinski definition) is 2. The van der Waals surface area contributed by atoms with Gasteiger partial charge in [-0.25, -0.2) is 0 Å². The Hall–Kier alpha value is -0.0800. The van der Waals surface area contributed by atoms with Crippen LogP contribution >= 0.6 is 0 Å². The minimum absolute atomic E-state index is 0.243. The van der Waals surface area contributed by atoms with Gasteiger partial charge in [-0.1, -0.05) is 19.8 Å². The molecule has 1 aliphatic rings. The molecule has 0 aliphatic heterocycles. The molecule has 0 bridgehead atoms. The van der Waals surface area contributed by atoms with Crippen LogP contribution in [0.5, 0.6) is 0 Å². The largest absolute Gasteiger partial charge is 0.378 e. The van der Waals surface area contributed by atoms with Crippen molar-refractivity contribution in [2.24, 2.45) is 5.92 Å². The third-order valence-corrected chi connectivity index (χ3v) is 2.26. The van der Waals surface area contributed by atoms with E-state index < -0.39 is 0 Å². The van der Waals surface area contributed by atoms with E-state index in [1.165, 1.54) is 25.7 Å². The van der Waals surface area contributed by atoms with Gasteiger partial charge in [-0.05, 0) is 25.3 Å². The van der Waals surface area contributed by atoms with Crippen molar-refractivity contribution in [1.82, 2.24) is 5.32 Å². The van der Waals surface area contributed by atoms with Gasteiger partial charge in [0.25, 0.3) is 0 Å². The van der Waals surface area contributed by atoms with Gasteiger partial charge >= 0.3 is 0 Å². The lowest BCUT2D eigenvalue weighted by Gasteiger charge is -2.17. The van der Waals surface area contributed by atoms with Crippen molar-refractivity contribution >= 4 is 0 Å². The molecule has 1 fully saturated rings. The second-order valence-corrected chi connectivity index (χ2v) is 3.05. The van der Waals surface area contributed by atoms with Crippen molar-refractivity contribution in [1.29, 1.82) is 0 Å². The first-order chi connectivity index (χ1) is 4.84. The van der Waals surface area contributed by atoms with Gasteiger partial charge in [-0.3, -0.25) is 5.32 Å². The topological polar surface area (TPSA) is 32.3 Å². The summed E-state index contributed by atoms with van der Waals surface area (Å²) < 4.78 is 0. The SMILES string of the molecule is CCNC(O)C1CCCC1. The van der Waals surface area contributed by atoms with Crippen LogP contribution in [0.3, 0.4) is 0 Å². The maximum atomic E-state index is 9.44. The summed E-state index contributed by atoms with van der Waals surface area (Å²) in [6.07, 6.45) is 4.76. The highest BCUT2D eigenvalue weighted by Crippen LogP contribution is 2.26. The molecule has 1 aliphatic carbocycles. The summed E-state index contributed by atoms with van der Waals surface area (Å²) in [7, 11) is 0. The standard InChI is InChI=1S/C8H17NO/c1-2-9-8(10)7-5-3-4-6-7/h7-10H,2-6H2,1H3. The zero-order valence-electron chi connectivity index (χ0n) is 6.64. The van der Waals surface area contributed by atoms with E-state index in [4.69, 9.17) is 0 Å². The number of hydrogen-bond donors (Lipinski definition) is 2. The maximum Gasteiger partial charge on any atom is 0.107 e. The molecule has 2 heteroatoms. The summed E-state index contributed by atoms with van der Waals surface area (Å²) in [5.41, 5.74) is 0. The molecule has 1 rings (SSSR count). The van der Waals surface area contributed by atoms with Gasteiger partial charge in [0.05, 0.1) is 0 Å². The van der Waals surface area contributed by atoms with Crippen LogP contribution in [0.4, 0.5) is 0 Å². The summed E-state index contributed by atoms with van der Waals surface area (Å²) in [4.78, 5) is 0. The van der Waals surface area contributed by atoms with E-state index >= 15 is 0 Å². The molecule has 0 aromatic carbocycles. The zero-order chi connectivity index (χ0) is 7.40. The molecule has 1 atom stereocenters. The molecule has 1 unspecified atom stereocenters. The summed E-state index contributed by atoms with van der Waals surface area (Å²) in [5.74, 6) is 0.528. The fourth-order valence-corrected chi connectivity index (χ4v) is 1.65. The third kappa shape index (κ3) is 1.96. The fraction of sp³-hybridized carbons (Fsp3) is 1.00. The van der Waals surface area contributed by atoms with Crippen molar-refractivity contribution in [2.75, 3.05) is 6.54 Å². The minimum atomic E-state index is -0.243. The first-order valence-corrected chi connectivity index (χ1v) is 4.26. The van der Waals surface area contributed by atoms with E-state index in [0.29, 0.717) is 5.92 Å². The lowest BCUT2D eigenvalue weighted by Crippen LogP contribution is -2.34. The molecule has 10 heavy (non-hydrogen) atoms. The van der Waals surface area contributed by atoms with Crippen LogP contribution in [0.15, 0.2) is 0 Å². The van der Waals surface area contributed by atoms with Crippen molar-refractivity contribution in [3.63, 3.8) is 0 Å². The highest BCUT2D eigenvalue weighted by molar-refractivity contribution is 4.72. The Morgan fingerprint density at radius 2 is 2.10 bits per heavy atom. The van der Waals surface area contributed by atoms with E-state index in [9.17, 15) is 5.11 Å². The van der Waals surface area contributed by atoms with Crippen LogP contribution in [-0.2, 0) is 0 Å². The maximum absolute atomic E-state index is 9.44. The Labute approximate surface area is 62.6 Å². The average Bonchev–Trinajstić information content (AvgIpc) is 2.38. The summed E-state index contributed by atoms with van der Waals surface area (Å²) in [6, 6.07) is 0. The van der Waals surface area contributed by atoms with Gasteiger partial charge in [-0.2, -0.15) is 0 Å². The molecule has 0 saturated heterocycles. The summed E-state index contributed by atoms with van der Waals surface area (Å²) >= 11 is 0. The Morgan fingerprint density at radius 3 is 2.60 bits per heavy atom. The molecular weight excluding hydrogens is 126 g/mol. The first-order valence-electron chi connectivity index (χ1n) is 4.26. The molecule has 0 heterocycles. The van der Waals surface area contributed by atoms with Crippen molar-refractivity contribution in [2.45, 2.75) is 38.8 Å². The van der Waals surface area contributed by atoms with E-state index in [0.717, 1.165) is 6.54 Å². The average molecular weight is 143 g/mol. The highest BCUT2D eigenvalue weighted by atomic mass is 16.3. The predicted octanol–water partition coefficient (Wildman–Crippen LogP) is 1.10. The molecule has 1 saturated carbocycles. The lowest BCUT2D eigenvalue weighted by molar-refractivity contribution is 0.0794. The molecule has 0 spiro atoms. The normalized spacial score (nSPS) is 23.4. The van der Waals surface area contributed by atoms with E-state index in [-0.39, 0.29) is 6.23 Å². The monoisotopic (exact) mass is 143 g/mol. The van der Waals surface area contributed by atoms with Crippen molar-refractivity contribution in [3.05, 3.63) is 0 Å². The van der Waals surface area contributed by atoms with Crippen LogP contribution < -0.4 is 5.32 Å². The second-order valence-electron chi connectivity index (χ2n) is 3.05. The molecule has 2 nitrogen and oxygen atoms in total. The summed E-state index contributed by atoms with van der Waals surface area (Å²) in [6.45, 7) is 2.90. The van der Waals surface area contributed by atoms with Crippen LogP contribution in [-0.4, -0.2) is 17.9 Å². The highest BCUT2D eigenvalue weighted by Gasteiger charge is 2.21. The van der Waals surface area contributed by atoms with E-state index in [1.807, 2.05) is 6.92 Å². The van der Waals surface area contributed by atoms with Gasteiger partial charge in [0.15, 0.2) is 0 Å². The Balaban J connectivity index is 2.18. The molecular formula is C8H17NO. The minimum Gasteiger partial charge on any atom is -0.378 e. The van der Waals surface area contributed by atoms with Gasteiger partial charge in [0.2, 0.25) is 0 Å². The summed E-state index contributed by atoms with van der Waals surface area (Å²) in [5, 5.41) is 12.5. The number of aliphatic hydroxyl groups excluding tert-OH is 1. The Kier molecular flexibility index (Phi) is 3.16. The quantitative estimate of drug-likeness (QED) is 0.580. The zero-order valence-corrected chi connectivity index (χ0v) is 6.64. The molecule has 0 amide bonds. The van der Waals surface area contributed by atoms with Crippen LogP contribution in [0.2, 0.25) is 0 Å². The molecule has 0 radical (unpaired) electrons. The van der Waals surface area contributed by atoms with Gasteiger partial charge in [-0.15, -0.1) is 0 Å². The van der Waals surface area contributed by atoms with Gasteiger partial charge in [0, 0.05) is 0 Å². The second kappa shape index (κ2) is 3.94. The number of rotatable bonds is 3. The van der Waals surface area contributed by atoms with Crippen molar-refractivity contribution < 1.29 is 5.11 Å². The van der Waals surface area contributed by atoms with E-state index in [1.54, 1.807) is 0 Å². The number of aliphatic hydroxyl groups is 1. The van der Waals surface area contributed by atoms with Gasteiger partial charge < -0.3 is 5.11 Å². The third-order valence-electron chi connectivity index (χ3n) is 2.26. The number of nitrogens with one attached hydrogen (secondary N) is 1. The van der Waals surface area contributed by atoms with Gasteiger partial charge in [0.1, 0.15) is 6.23 Å². The van der Waals surface area contributed by atoms with E-state index in [2.05, 4.69) is 5.32 Å². The molecule has 0 aromatic heterocycles. The Morgan fingerprint density at radius 1 is 1.50 bits per heavy atom. The first kappa shape index (κ1) is 8.02. The predicted molar refractivity (Wildman–Crippen MR) is 41.6 cm³/mol. The van der Waals surface area contributed by atoms with Crippen LogP contribution in [0.1, 0.15) is 32.6 Å².